The van der Waals surface area contributed by atoms with Gasteiger partial charge < -0.3 is 15.8 Å². The maximum atomic E-state index is 11.3. The van der Waals surface area contributed by atoms with Gasteiger partial charge in [0.15, 0.2) is 0 Å². The third-order valence-corrected chi connectivity index (χ3v) is 3.46. The highest BCUT2D eigenvalue weighted by Crippen LogP contribution is 2.27. The van der Waals surface area contributed by atoms with Crippen LogP contribution in [0.2, 0.25) is 0 Å². The molecule has 9 heteroatoms. The normalized spacial score (nSPS) is 11.2. The van der Waals surface area contributed by atoms with Crippen LogP contribution in [0.4, 0.5) is 5.82 Å². The summed E-state index contributed by atoms with van der Waals surface area (Å²) in [7, 11) is 0. The molecule has 0 atom stereocenters. The molecule has 0 aliphatic carbocycles. The van der Waals surface area contributed by atoms with Gasteiger partial charge in [-0.05, 0) is 11.5 Å². The Morgan fingerprint density at radius 2 is 2.32 bits per heavy atom. The van der Waals surface area contributed by atoms with Gasteiger partial charge >= 0.3 is 5.82 Å². The average Bonchev–Trinajstić information content (AvgIpc) is 3.00. The first kappa shape index (κ1) is 11.8. The van der Waals surface area contributed by atoms with Crippen LogP contribution < -0.4 is 5.73 Å². The van der Waals surface area contributed by atoms with Crippen LogP contribution in [-0.2, 0) is 6.42 Å². The second-order valence-electron chi connectivity index (χ2n) is 3.82. The van der Waals surface area contributed by atoms with E-state index < -0.39 is 4.92 Å². The molecular weight excluding hydrogens is 268 g/mol. The number of fused-ring (bicyclic) bond motifs is 1. The van der Waals surface area contributed by atoms with Crippen LogP contribution >= 0.6 is 11.3 Å². The van der Waals surface area contributed by atoms with Gasteiger partial charge in [-0.25, -0.2) is 4.98 Å². The first-order chi connectivity index (χ1) is 9.22. The molecule has 3 rings (SSSR count). The lowest BCUT2D eigenvalue weighted by Crippen LogP contribution is -2.10. The van der Waals surface area contributed by atoms with Crippen LogP contribution in [0.5, 0.6) is 0 Å². The van der Waals surface area contributed by atoms with E-state index in [0.717, 1.165) is 0 Å². The molecule has 98 valence electrons. The molecule has 0 fully saturated rings. The number of nitro groups is 1. The van der Waals surface area contributed by atoms with Crippen molar-refractivity contribution in [1.29, 1.82) is 0 Å². The van der Waals surface area contributed by atoms with Crippen molar-refractivity contribution in [3.8, 4) is 5.82 Å². The van der Waals surface area contributed by atoms with E-state index in [1.807, 2.05) is 0 Å². The quantitative estimate of drug-likeness (QED) is 0.566. The summed E-state index contributed by atoms with van der Waals surface area (Å²) in [6.45, 7) is 0.424. The molecule has 2 N–H and O–H groups in total. The van der Waals surface area contributed by atoms with E-state index in [9.17, 15) is 10.1 Å². The van der Waals surface area contributed by atoms with E-state index in [4.69, 9.17) is 5.73 Å². The Labute approximate surface area is 111 Å². The number of hydrogen-bond acceptors (Lipinski definition) is 6. The van der Waals surface area contributed by atoms with Crippen LogP contribution in [0.15, 0.2) is 24.0 Å². The van der Waals surface area contributed by atoms with E-state index in [-0.39, 0.29) is 11.6 Å². The van der Waals surface area contributed by atoms with E-state index in [1.165, 1.54) is 15.7 Å². The number of nitrogens with zero attached hydrogens (tertiary/aromatic N) is 5. The average molecular weight is 278 g/mol. The topological polar surface area (TPSA) is 104 Å². The first-order valence-electron chi connectivity index (χ1n) is 5.55. The number of imidazole rings is 2. The number of aromatic nitrogens is 4. The van der Waals surface area contributed by atoms with Gasteiger partial charge in [0.2, 0.25) is 5.82 Å². The Bertz CT molecular complexity index is 742. The molecule has 0 aliphatic heterocycles. The smallest absolute Gasteiger partial charge is 0.358 e. The minimum Gasteiger partial charge on any atom is -0.358 e. The number of rotatable bonds is 4. The lowest BCUT2D eigenvalue weighted by atomic mass is 10.4. The van der Waals surface area contributed by atoms with Gasteiger partial charge in [-0.1, -0.05) is 11.3 Å². The summed E-state index contributed by atoms with van der Waals surface area (Å²) in [5.41, 5.74) is 5.51. The Morgan fingerprint density at radius 3 is 3.05 bits per heavy atom. The third-order valence-electron chi connectivity index (χ3n) is 2.71. The maximum Gasteiger partial charge on any atom is 0.373 e. The monoisotopic (exact) mass is 278 g/mol. The van der Waals surface area contributed by atoms with Crippen molar-refractivity contribution in [2.75, 3.05) is 6.54 Å². The summed E-state index contributed by atoms with van der Waals surface area (Å²) in [5.74, 6) is 0.877. The van der Waals surface area contributed by atoms with E-state index >= 15 is 0 Å². The Balaban J connectivity index is 2.23. The number of nitrogens with two attached hydrogens (primary N) is 1. The molecule has 8 nitrogen and oxygen atoms in total. The molecule has 0 aromatic carbocycles. The minimum atomic E-state index is -0.436. The summed E-state index contributed by atoms with van der Waals surface area (Å²) in [5, 5.41) is 13.0. The zero-order valence-corrected chi connectivity index (χ0v) is 10.6. The van der Waals surface area contributed by atoms with Gasteiger partial charge in [0.25, 0.3) is 4.96 Å². The predicted octanol–water partition coefficient (Wildman–Crippen LogP) is 0.991. The highest BCUT2D eigenvalue weighted by Gasteiger charge is 2.26. The van der Waals surface area contributed by atoms with Gasteiger partial charge in [0, 0.05) is 24.2 Å². The molecule has 0 aliphatic rings. The predicted molar refractivity (Wildman–Crippen MR) is 69.6 cm³/mol. The van der Waals surface area contributed by atoms with Crippen LogP contribution in [0.3, 0.4) is 0 Å². The third kappa shape index (κ3) is 1.79. The molecule has 3 heterocycles. The fourth-order valence-corrected chi connectivity index (χ4v) is 2.64. The summed E-state index contributed by atoms with van der Waals surface area (Å²) < 4.78 is 3.08. The standard InChI is InChI=1S/C10H10N6O2S/c11-2-1-7-12-3-4-14(7)8-9(16(17)18)15-5-6-19-10(15)13-8/h3-6H,1-2,11H2. The minimum absolute atomic E-state index is 0.0625. The number of hydrogen-bond donors (Lipinski definition) is 1. The summed E-state index contributed by atoms with van der Waals surface area (Å²) in [4.78, 5) is 19.8. The zero-order chi connectivity index (χ0) is 13.4. The fourth-order valence-electron chi connectivity index (χ4n) is 1.93. The summed E-state index contributed by atoms with van der Waals surface area (Å²) >= 11 is 1.35. The van der Waals surface area contributed by atoms with Crippen LogP contribution in [0, 0.1) is 10.1 Å². The molecule has 0 amide bonds. The van der Waals surface area contributed by atoms with Crippen molar-refractivity contribution in [1.82, 2.24) is 18.9 Å². The molecule has 0 bridgehead atoms. The zero-order valence-electron chi connectivity index (χ0n) is 9.76. The lowest BCUT2D eigenvalue weighted by molar-refractivity contribution is -0.390. The van der Waals surface area contributed by atoms with Gasteiger partial charge in [-0.15, -0.1) is 0 Å². The van der Waals surface area contributed by atoms with Gasteiger partial charge in [0.05, 0.1) is 0 Å². The molecule has 0 radical (unpaired) electrons. The van der Waals surface area contributed by atoms with Crippen molar-refractivity contribution in [3.05, 3.63) is 39.9 Å². The SMILES string of the molecule is NCCc1nccn1-c1nc2sccn2c1[N+](=O)[O-]. The highest BCUT2D eigenvalue weighted by molar-refractivity contribution is 7.15. The molecule has 3 aromatic rings. The highest BCUT2D eigenvalue weighted by atomic mass is 32.1. The van der Waals surface area contributed by atoms with Crippen molar-refractivity contribution in [2.45, 2.75) is 6.42 Å². The molecule has 19 heavy (non-hydrogen) atoms. The van der Waals surface area contributed by atoms with Gasteiger partial charge in [-0.3, -0.25) is 4.57 Å². The molecule has 3 aromatic heterocycles. The largest absolute Gasteiger partial charge is 0.373 e. The van der Waals surface area contributed by atoms with Crippen LogP contribution in [-0.4, -0.2) is 30.4 Å². The fraction of sp³-hybridized carbons (Fsp3) is 0.200. The Hall–Kier alpha value is -2.26. The molecule has 0 unspecified atom stereocenters. The van der Waals surface area contributed by atoms with E-state index in [0.29, 0.717) is 23.8 Å². The molecular formula is C10H10N6O2S. The molecule has 0 saturated carbocycles. The Morgan fingerprint density at radius 1 is 1.47 bits per heavy atom. The van der Waals surface area contributed by atoms with E-state index in [2.05, 4.69) is 9.97 Å². The first-order valence-corrected chi connectivity index (χ1v) is 6.43. The number of thiazole rings is 1. The second kappa shape index (κ2) is 4.44. The maximum absolute atomic E-state index is 11.3. The van der Waals surface area contributed by atoms with Gasteiger partial charge in [0.1, 0.15) is 12.0 Å². The molecule has 0 spiro atoms. The van der Waals surface area contributed by atoms with Gasteiger partial charge in [-0.2, -0.15) is 9.38 Å². The van der Waals surface area contributed by atoms with Crippen molar-refractivity contribution >= 4 is 22.1 Å². The molecule has 0 saturated heterocycles. The van der Waals surface area contributed by atoms with Crippen molar-refractivity contribution in [2.24, 2.45) is 5.73 Å². The van der Waals surface area contributed by atoms with Crippen molar-refractivity contribution < 1.29 is 4.92 Å². The van der Waals surface area contributed by atoms with Crippen molar-refractivity contribution in [3.63, 3.8) is 0 Å². The lowest BCUT2D eigenvalue weighted by Gasteiger charge is -2.03. The van der Waals surface area contributed by atoms with E-state index in [1.54, 1.807) is 28.5 Å². The summed E-state index contributed by atoms with van der Waals surface area (Å²) in [6.07, 6.45) is 5.41. The van der Waals surface area contributed by atoms with Crippen LogP contribution in [0.1, 0.15) is 5.82 Å². The second-order valence-corrected chi connectivity index (χ2v) is 4.70. The Kier molecular flexibility index (Phi) is 2.76. The van der Waals surface area contributed by atoms with Crippen LogP contribution in [0.25, 0.3) is 10.8 Å². The summed E-state index contributed by atoms with van der Waals surface area (Å²) in [6, 6.07) is 0.